The number of para-hydroxylation sites is 3. The fourth-order valence-electron chi connectivity index (χ4n) is 4.31. The fraction of sp³-hybridized carbons (Fsp3) is 0.0500. The summed E-state index contributed by atoms with van der Waals surface area (Å²) in [4.78, 5) is 18.0. The molecular formula is C40H35BiO7. The van der Waals surface area contributed by atoms with Gasteiger partial charge in [-0.1, -0.05) is 0 Å². The predicted molar refractivity (Wildman–Crippen MR) is 190 cm³/mol. The topological polar surface area (TPSA) is 102 Å². The molecule has 0 spiro atoms. The minimum absolute atomic E-state index is 0.831. The molecule has 0 amide bonds. The summed E-state index contributed by atoms with van der Waals surface area (Å²) in [6.07, 6.45) is 0. The van der Waals surface area contributed by atoms with Gasteiger partial charge < -0.3 is 10.2 Å². The van der Waals surface area contributed by atoms with Gasteiger partial charge in [0.25, 0.3) is 11.9 Å². The number of ether oxygens (including phenoxy) is 3. The third-order valence-corrected chi connectivity index (χ3v) is 15.7. The number of benzene rings is 6. The molecule has 6 rings (SSSR count). The maximum atomic E-state index is 9.00. The van der Waals surface area contributed by atoms with E-state index in [0.29, 0.717) is 0 Å². The van der Waals surface area contributed by atoms with E-state index < -0.39 is 33.7 Å². The summed E-state index contributed by atoms with van der Waals surface area (Å²) in [6.45, 7) is 2.17. The Labute approximate surface area is 288 Å². The van der Waals surface area contributed by atoms with E-state index in [1.807, 2.05) is 91.0 Å². The van der Waals surface area contributed by atoms with Crippen molar-refractivity contribution in [3.05, 3.63) is 164 Å². The van der Waals surface area contributed by atoms with Crippen LogP contribution in [0.1, 0.15) is 13.8 Å². The molecule has 0 fully saturated rings. The monoisotopic (exact) mass is 836 g/mol. The van der Waals surface area contributed by atoms with Gasteiger partial charge in [-0.05, 0) is 0 Å². The molecule has 6 aromatic rings. The van der Waals surface area contributed by atoms with E-state index in [-0.39, 0.29) is 0 Å². The molecule has 0 aromatic heterocycles. The van der Waals surface area contributed by atoms with Gasteiger partial charge in [-0.2, -0.15) is 0 Å². The van der Waals surface area contributed by atoms with Crippen LogP contribution >= 0.6 is 0 Å². The second-order valence-electron chi connectivity index (χ2n) is 10.1. The Balaban J connectivity index is 0.000000588. The molecule has 0 heterocycles. The zero-order valence-electron chi connectivity index (χ0n) is 26.5. The van der Waals surface area contributed by atoms with Gasteiger partial charge in [-0.25, -0.2) is 0 Å². The zero-order chi connectivity index (χ0) is 34.1. The van der Waals surface area contributed by atoms with Crippen LogP contribution in [0.15, 0.2) is 164 Å². The quantitative estimate of drug-likeness (QED) is 0.144. The number of hydrogen-bond donors (Lipinski definition) is 2. The van der Waals surface area contributed by atoms with Gasteiger partial charge >= 0.3 is 244 Å². The van der Waals surface area contributed by atoms with Crippen molar-refractivity contribution in [3.8, 4) is 34.5 Å². The first-order valence-electron chi connectivity index (χ1n) is 14.9. The Hall–Kier alpha value is -5.46. The second-order valence-corrected chi connectivity index (χ2v) is 18.7. The van der Waals surface area contributed by atoms with Gasteiger partial charge in [0.15, 0.2) is 0 Å². The molecule has 8 heteroatoms. The van der Waals surface area contributed by atoms with Crippen LogP contribution in [0.5, 0.6) is 34.5 Å². The van der Waals surface area contributed by atoms with Crippen molar-refractivity contribution in [1.29, 1.82) is 0 Å². The van der Waals surface area contributed by atoms with E-state index in [0.717, 1.165) is 48.3 Å². The first-order valence-corrected chi connectivity index (χ1v) is 20.2. The average Bonchev–Trinajstić information content (AvgIpc) is 3.08. The number of aliphatic carboxylic acids is 2. The molecule has 0 aliphatic carbocycles. The first kappa shape index (κ1) is 35.4. The summed E-state index contributed by atoms with van der Waals surface area (Å²) in [5.41, 5.74) is 0. The van der Waals surface area contributed by atoms with Crippen molar-refractivity contribution in [1.82, 2.24) is 0 Å². The van der Waals surface area contributed by atoms with Gasteiger partial charge in [-0.15, -0.1) is 0 Å². The van der Waals surface area contributed by atoms with Crippen LogP contribution < -0.4 is 24.0 Å². The number of carbonyl (C=O) groups is 2. The summed E-state index contributed by atoms with van der Waals surface area (Å²) in [5.74, 6) is 3.32. The molecular weight excluding hydrogens is 801 g/mol. The van der Waals surface area contributed by atoms with E-state index in [4.69, 9.17) is 34.0 Å². The molecule has 0 aliphatic rings. The summed E-state index contributed by atoms with van der Waals surface area (Å²) < 4.78 is 22.3. The molecule has 0 bridgehead atoms. The van der Waals surface area contributed by atoms with Crippen LogP contribution in [0.3, 0.4) is 0 Å². The molecule has 2 N–H and O–H groups in total. The van der Waals surface area contributed by atoms with E-state index in [2.05, 4.69) is 72.8 Å². The molecule has 0 radical (unpaired) electrons. The number of carboxylic acids is 2. The van der Waals surface area contributed by atoms with Gasteiger partial charge in [0, 0.05) is 13.8 Å². The van der Waals surface area contributed by atoms with Gasteiger partial charge in [0.1, 0.15) is 0 Å². The van der Waals surface area contributed by atoms with Crippen LogP contribution in [0.25, 0.3) is 0 Å². The van der Waals surface area contributed by atoms with E-state index in [1.54, 1.807) is 0 Å². The molecule has 6 aromatic carbocycles. The third kappa shape index (κ3) is 12.0. The summed E-state index contributed by atoms with van der Waals surface area (Å²) in [5, 5.41) is 14.8. The van der Waals surface area contributed by atoms with Crippen molar-refractivity contribution >= 4 is 43.5 Å². The van der Waals surface area contributed by atoms with Crippen molar-refractivity contribution in [3.63, 3.8) is 0 Å². The minimum atomic E-state index is -2.64. The van der Waals surface area contributed by atoms with E-state index in [9.17, 15) is 0 Å². The van der Waals surface area contributed by atoms with E-state index >= 15 is 0 Å². The Morgan fingerprint density at radius 2 is 0.562 bits per heavy atom. The molecule has 0 unspecified atom stereocenters. The van der Waals surface area contributed by atoms with Gasteiger partial charge in [0.2, 0.25) is 0 Å². The maximum absolute atomic E-state index is 9.00. The van der Waals surface area contributed by atoms with Crippen molar-refractivity contribution in [2.45, 2.75) is 13.8 Å². The van der Waals surface area contributed by atoms with Crippen molar-refractivity contribution in [2.75, 3.05) is 0 Å². The predicted octanol–water partition coefficient (Wildman–Crippen LogP) is 7.76. The molecule has 0 aliphatic heterocycles. The number of hydrogen-bond acceptors (Lipinski definition) is 5. The Morgan fingerprint density at radius 3 is 0.771 bits per heavy atom. The summed E-state index contributed by atoms with van der Waals surface area (Å²) in [7, 11) is 0. The van der Waals surface area contributed by atoms with E-state index in [1.165, 1.54) is 9.81 Å². The molecule has 0 atom stereocenters. The second kappa shape index (κ2) is 18.6. The van der Waals surface area contributed by atoms with Crippen LogP contribution in [0.2, 0.25) is 0 Å². The Kier molecular flexibility index (Phi) is 13.7. The molecule has 0 saturated heterocycles. The van der Waals surface area contributed by atoms with Crippen LogP contribution in [0, 0.1) is 0 Å². The SMILES string of the molecule is CC(=O)O.CC(=O)O.c1ccc(Oc2cc[c]([Bi]([c]3ccc(Oc4ccccc4)cc3)[c]3ccc(Oc4ccccc4)cc3)cc2)cc1. The summed E-state index contributed by atoms with van der Waals surface area (Å²) in [6, 6.07) is 55.4. The average molecular weight is 837 g/mol. The Bertz CT molecular complexity index is 1610. The van der Waals surface area contributed by atoms with Crippen LogP contribution in [-0.2, 0) is 9.59 Å². The Morgan fingerprint density at radius 1 is 0.375 bits per heavy atom. The van der Waals surface area contributed by atoms with Crippen LogP contribution in [-0.4, -0.2) is 43.9 Å². The number of carboxylic acid groups (broad SMARTS) is 2. The molecule has 48 heavy (non-hydrogen) atoms. The fourth-order valence-corrected chi connectivity index (χ4v) is 13.0. The van der Waals surface area contributed by atoms with Crippen molar-refractivity contribution in [2.24, 2.45) is 0 Å². The molecule has 0 saturated carbocycles. The van der Waals surface area contributed by atoms with Crippen LogP contribution in [0.4, 0.5) is 0 Å². The number of rotatable bonds is 9. The standard InChI is InChI=1S/3C12H9O.2C2H4O2.Bi/c3*1-3-7-11(8-4-1)13-12-9-5-2-6-10-12;2*1-2(3)4;/h3*1,3-10H;2*1H3,(H,3,4);. The first-order chi connectivity index (χ1) is 23.3. The normalized spacial score (nSPS) is 9.98. The summed E-state index contributed by atoms with van der Waals surface area (Å²) >= 11 is -2.64. The zero-order valence-corrected chi connectivity index (χ0v) is 29.9. The van der Waals surface area contributed by atoms with Gasteiger partial charge in [-0.3, -0.25) is 9.59 Å². The third-order valence-electron chi connectivity index (χ3n) is 6.22. The molecule has 7 nitrogen and oxygen atoms in total. The van der Waals surface area contributed by atoms with Gasteiger partial charge in [0.05, 0.1) is 0 Å². The molecule has 242 valence electrons. The van der Waals surface area contributed by atoms with Crippen molar-refractivity contribution < 1.29 is 34.0 Å².